The smallest absolute Gasteiger partial charge is 0.374 e. The second kappa shape index (κ2) is 11.8. The third-order valence-electron chi connectivity index (χ3n) is 7.15. The zero-order valence-electron chi connectivity index (χ0n) is 19.8. The number of ether oxygens (including phenoxy) is 2. The maximum atomic E-state index is 13.2. The van der Waals surface area contributed by atoms with E-state index in [9.17, 15) is 9.59 Å². The van der Waals surface area contributed by atoms with E-state index >= 15 is 0 Å². The van der Waals surface area contributed by atoms with Crippen molar-refractivity contribution in [3.63, 3.8) is 0 Å². The molecule has 2 aliphatic rings. The summed E-state index contributed by atoms with van der Waals surface area (Å²) in [6.45, 7) is 4.63. The van der Waals surface area contributed by atoms with Crippen molar-refractivity contribution in [3.05, 3.63) is 35.6 Å². The highest BCUT2D eigenvalue weighted by Crippen LogP contribution is 2.36. The Hall–Kier alpha value is -2.18. The number of hydrogen-bond donors (Lipinski definition) is 1. The molecule has 0 unspecified atom stereocenters. The van der Waals surface area contributed by atoms with Gasteiger partial charge in [-0.05, 0) is 68.3 Å². The van der Waals surface area contributed by atoms with Crippen LogP contribution in [0.15, 0.2) is 28.7 Å². The third kappa shape index (κ3) is 6.24. The molecule has 1 saturated heterocycles. The number of esters is 1. The molecule has 33 heavy (non-hydrogen) atoms. The number of furan rings is 1. The van der Waals surface area contributed by atoms with Crippen molar-refractivity contribution in [1.82, 2.24) is 5.32 Å². The molecule has 0 radical (unpaired) electrons. The fourth-order valence-corrected chi connectivity index (χ4v) is 5.45. The first-order valence-electron chi connectivity index (χ1n) is 12.7. The summed E-state index contributed by atoms with van der Waals surface area (Å²) in [5.74, 6) is 1.19. The summed E-state index contributed by atoms with van der Waals surface area (Å²) in [6.07, 6.45) is 9.61. The molecule has 1 N–H and O–H groups in total. The van der Waals surface area contributed by atoms with Crippen LogP contribution in [0.4, 0.5) is 0 Å². The standard InChI is InChI=1S/C27H37NO5/c1-2-31-14-6-7-15-32-27(30)25-18-21-16-19(10-11-24(21)33-25)17-23(29)26-22(12-13-28-26)20-8-4-3-5-9-20/h10-11,16,18,20,22,26,28H,2-9,12-15,17H2,1H3/t22-,26-/m0/s1. The van der Waals surface area contributed by atoms with Gasteiger partial charge in [-0.2, -0.15) is 0 Å². The monoisotopic (exact) mass is 455 g/mol. The van der Waals surface area contributed by atoms with E-state index < -0.39 is 5.97 Å². The van der Waals surface area contributed by atoms with Crippen LogP contribution in [0, 0.1) is 11.8 Å². The normalized spacial score (nSPS) is 21.5. The van der Waals surface area contributed by atoms with E-state index in [1.807, 2.05) is 25.1 Å². The molecule has 6 nitrogen and oxygen atoms in total. The predicted octanol–water partition coefficient (Wildman–Crippen LogP) is 5.08. The Morgan fingerprint density at radius 2 is 1.88 bits per heavy atom. The summed E-state index contributed by atoms with van der Waals surface area (Å²) < 4.78 is 16.3. The first kappa shape index (κ1) is 24.0. The van der Waals surface area contributed by atoms with Gasteiger partial charge in [-0.3, -0.25) is 4.79 Å². The molecule has 4 rings (SSSR count). The molecule has 1 aromatic heterocycles. The Balaban J connectivity index is 1.33. The lowest BCUT2D eigenvalue weighted by molar-refractivity contribution is -0.121. The number of fused-ring (bicyclic) bond motifs is 1. The molecule has 2 aromatic rings. The number of hydrogen-bond acceptors (Lipinski definition) is 6. The highest BCUT2D eigenvalue weighted by atomic mass is 16.5. The summed E-state index contributed by atoms with van der Waals surface area (Å²) in [4.78, 5) is 25.5. The largest absolute Gasteiger partial charge is 0.460 e. The SMILES string of the molecule is CCOCCCCOC(=O)c1cc2cc(CC(=O)[C@H]3NCC[C@H]3C3CCCCC3)ccc2o1. The molecule has 2 atom stereocenters. The zero-order valence-corrected chi connectivity index (χ0v) is 19.8. The van der Waals surface area contributed by atoms with E-state index in [4.69, 9.17) is 13.9 Å². The minimum Gasteiger partial charge on any atom is -0.460 e. The Morgan fingerprint density at radius 1 is 1.06 bits per heavy atom. The topological polar surface area (TPSA) is 77.8 Å². The molecule has 0 bridgehead atoms. The quantitative estimate of drug-likeness (QED) is 0.376. The van der Waals surface area contributed by atoms with Gasteiger partial charge in [0.15, 0.2) is 5.78 Å². The molecular weight excluding hydrogens is 418 g/mol. The van der Waals surface area contributed by atoms with E-state index in [0.29, 0.717) is 43.7 Å². The van der Waals surface area contributed by atoms with E-state index in [2.05, 4.69) is 5.32 Å². The second-order valence-electron chi connectivity index (χ2n) is 9.45. The second-order valence-corrected chi connectivity index (χ2v) is 9.45. The summed E-state index contributed by atoms with van der Waals surface area (Å²) in [6, 6.07) is 7.42. The number of benzene rings is 1. The van der Waals surface area contributed by atoms with Gasteiger partial charge < -0.3 is 19.2 Å². The molecular formula is C27H37NO5. The number of Topliss-reactive ketones (excluding diaryl/α,β-unsaturated/α-hetero) is 1. The Bertz CT molecular complexity index is 930. The van der Waals surface area contributed by atoms with Crippen LogP contribution < -0.4 is 5.32 Å². The molecule has 1 aliphatic carbocycles. The maximum absolute atomic E-state index is 13.2. The lowest BCUT2D eigenvalue weighted by Crippen LogP contribution is -2.40. The van der Waals surface area contributed by atoms with E-state index in [-0.39, 0.29) is 17.6 Å². The maximum Gasteiger partial charge on any atom is 0.374 e. The molecule has 0 amide bonds. The molecule has 1 aromatic carbocycles. The number of carbonyl (C=O) groups excluding carboxylic acids is 2. The van der Waals surface area contributed by atoms with Gasteiger partial charge in [-0.25, -0.2) is 4.79 Å². The van der Waals surface area contributed by atoms with Gasteiger partial charge in [0.25, 0.3) is 0 Å². The minimum atomic E-state index is -0.453. The van der Waals surface area contributed by atoms with Crippen LogP contribution in [0.2, 0.25) is 0 Å². The van der Waals surface area contributed by atoms with E-state index in [1.165, 1.54) is 32.1 Å². The zero-order chi connectivity index (χ0) is 23.0. The van der Waals surface area contributed by atoms with Crippen LogP contribution in [0.25, 0.3) is 11.0 Å². The van der Waals surface area contributed by atoms with E-state index in [0.717, 1.165) is 36.8 Å². The molecule has 2 heterocycles. The number of ketones is 1. The van der Waals surface area contributed by atoms with Crippen LogP contribution in [0.1, 0.15) is 74.4 Å². The van der Waals surface area contributed by atoms with Gasteiger partial charge in [0.05, 0.1) is 12.6 Å². The van der Waals surface area contributed by atoms with Crippen molar-refractivity contribution >= 4 is 22.7 Å². The number of nitrogens with one attached hydrogen (secondary N) is 1. The van der Waals surface area contributed by atoms with Gasteiger partial charge in [0.2, 0.25) is 5.76 Å². The number of carbonyl (C=O) groups is 2. The van der Waals surface area contributed by atoms with Crippen molar-refractivity contribution in [3.8, 4) is 0 Å². The van der Waals surface area contributed by atoms with Gasteiger partial charge >= 0.3 is 5.97 Å². The van der Waals surface area contributed by atoms with Gasteiger partial charge in [0, 0.05) is 25.0 Å². The summed E-state index contributed by atoms with van der Waals surface area (Å²) >= 11 is 0. The van der Waals surface area contributed by atoms with Crippen LogP contribution in [-0.4, -0.2) is 44.2 Å². The molecule has 1 aliphatic heterocycles. The van der Waals surface area contributed by atoms with Crippen LogP contribution in [0.3, 0.4) is 0 Å². The summed E-state index contributed by atoms with van der Waals surface area (Å²) in [7, 11) is 0. The fourth-order valence-electron chi connectivity index (χ4n) is 5.45. The van der Waals surface area contributed by atoms with Crippen molar-refractivity contribution < 1.29 is 23.5 Å². The van der Waals surface area contributed by atoms with Gasteiger partial charge in [-0.15, -0.1) is 0 Å². The molecule has 1 saturated carbocycles. The van der Waals surface area contributed by atoms with Gasteiger partial charge in [-0.1, -0.05) is 38.2 Å². The first-order valence-corrected chi connectivity index (χ1v) is 12.7. The van der Waals surface area contributed by atoms with Crippen LogP contribution >= 0.6 is 0 Å². The molecule has 180 valence electrons. The van der Waals surface area contributed by atoms with Crippen molar-refractivity contribution in [1.29, 1.82) is 0 Å². The molecule has 2 fully saturated rings. The minimum absolute atomic E-state index is 0.0265. The summed E-state index contributed by atoms with van der Waals surface area (Å²) in [5.41, 5.74) is 1.59. The highest BCUT2D eigenvalue weighted by Gasteiger charge is 2.37. The fraction of sp³-hybridized carbons (Fsp3) is 0.630. The van der Waals surface area contributed by atoms with Crippen molar-refractivity contribution in [2.75, 3.05) is 26.4 Å². The lowest BCUT2D eigenvalue weighted by Gasteiger charge is -2.30. The average Bonchev–Trinajstić information content (AvgIpc) is 3.49. The molecule has 0 spiro atoms. The molecule has 6 heteroatoms. The van der Waals surface area contributed by atoms with Crippen LogP contribution in [-0.2, 0) is 20.7 Å². The van der Waals surface area contributed by atoms with Crippen LogP contribution in [0.5, 0.6) is 0 Å². The first-order chi connectivity index (χ1) is 16.2. The van der Waals surface area contributed by atoms with E-state index in [1.54, 1.807) is 6.07 Å². The number of unbranched alkanes of at least 4 members (excludes halogenated alkanes) is 1. The Morgan fingerprint density at radius 3 is 2.70 bits per heavy atom. The lowest BCUT2D eigenvalue weighted by atomic mass is 9.75. The van der Waals surface area contributed by atoms with Crippen molar-refractivity contribution in [2.24, 2.45) is 11.8 Å². The Labute approximate surface area is 196 Å². The summed E-state index contributed by atoms with van der Waals surface area (Å²) in [5, 5.41) is 4.30. The number of rotatable bonds is 11. The third-order valence-corrected chi connectivity index (χ3v) is 7.15. The average molecular weight is 456 g/mol. The van der Waals surface area contributed by atoms with Gasteiger partial charge in [0.1, 0.15) is 5.58 Å². The van der Waals surface area contributed by atoms with Crippen molar-refractivity contribution in [2.45, 2.75) is 70.8 Å². The Kier molecular flexibility index (Phi) is 8.57. The highest BCUT2D eigenvalue weighted by molar-refractivity contribution is 5.93. The predicted molar refractivity (Wildman–Crippen MR) is 127 cm³/mol.